The van der Waals surface area contributed by atoms with Gasteiger partial charge in [0, 0.05) is 11.3 Å². The van der Waals surface area contributed by atoms with E-state index < -0.39 is 0 Å². The Morgan fingerprint density at radius 1 is 1.04 bits per heavy atom. The van der Waals surface area contributed by atoms with Crippen LogP contribution < -0.4 is 5.73 Å². The number of rotatable bonds is 3. The van der Waals surface area contributed by atoms with Gasteiger partial charge in [-0.15, -0.1) is 0 Å². The quantitative estimate of drug-likeness (QED) is 0.574. The molecule has 3 nitrogen and oxygen atoms in total. The molecule has 0 aromatic heterocycles. The van der Waals surface area contributed by atoms with Gasteiger partial charge in [-0.2, -0.15) is 0 Å². The second-order valence-electron chi connectivity index (χ2n) is 6.33. The fourth-order valence-electron chi connectivity index (χ4n) is 3.58. The van der Waals surface area contributed by atoms with E-state index in [4.69, 9.17) is 10.5 Å². The molecule has 0 saturated carbocycles. The minimum Gasteiger partial charge on any atom is -0.454 e. The van der Waals surface area contributed by atoms with Crippen LogP contribution in [-0.4, -0.2) is 5.97 Å². The molecule has 0 unspecified atom stereocenters. The lowest BCUT2D eigenvalue weighted by molar-refractivity contribution is 0.0341. The number of esters is 1. The van der Waals surface area contributed by atoms with Gasteiger partial charge in [0.1, 0.15) is 6.10 Å². The Hall–Kier alpha value is -2.81. The number of nitrogen functional groups attached to an aromatic ring is 1. The second kappa shape index (κ2) is 5.68. The van der Waals surface area contributed by atoms with Crippen LogP contribution in [0.5, 0.6) is 0 Å². The van der Waals surface area contributed by atoms with Crippen LogP contribution in [0.15, 0.2) is 54.6 Å². The summed E-state index contributed by atoms with van der Waals surface area (Å²) in [5.41, 5.74) is 10.6. The predicted molar refractivity (Wildman–Crippen MR) is 96.0 cm³/mol. The average molecular weight is 317 g/mol. The lowest BCUT2D eigenvalue weighted by Gasteiger charge is -2.17. The summed E-state index contributed by atoms with van der Waals surface area (Å²) >= 11 is 0. The van der Waals surface area contributed by atoms with Gasteiger partial charge in [-0.05, 0) is 59.9 Å². The predicted octanol–water partition coefficient (Wildman–Crippen LogP) is 4.44. The molecule has 3 aromatic rings. The van der Waals surface area contributed by atoms with E-state index in [2.05, 4.69) is 30.3 Å². The summed E-state index contributed by atoms with van der Waals surface area (Å²) in [6, 6.07) is 17.5. The number of anilines is 1. The summed E-state index contributed by atoms with van der Waals surface area (Å²) in [7, 11) is 0. The summed E-state index contributed by atoms with van der Waals surface area (Å²) < 4.78 is 5.69. The molecule has 0 spiro atoms. The Morgan fingerprint density at radius 3 is 2.58 bits per heavy atom. The highest BCUT2D eigenvalue weighted by Crippen LogP contribution is 2.35. The molecule has 1 aliphatic rings. The van der Waals surface area contributed by atoms with E-state index in [0.717, 1.165) is 18.4 Å². The first-order valence-corrected chi connectivity index (χ1v) is 8.23. The maximum absolute atomic E-state index is 12.4. The molecule has 0 aliphatic heterocycles. The fraction of sp³-hybridized carbons (Fsp3) is 0.190. The number of carbonyl (C=O) groups excluding carboxylic acids is 1. The number of ether oxygens (including phenoxy) is 1. The smallest absolute Gasteiger partial charge is 0.338 e. The highest BCUT2D eigenvalue weighted by Gasteiger charge is 2.20. The molecule has 0 saturated heterocycles. The van der Waals surface area contributed by atoms with Crippen molar-refractivity contribution in [2.45, 2.75) is 25.9 Å². The van der Waals surface area contributed by atoms with E-state index >= 15 is 0 Å². The van der Waals surface area contributed by atoms with E-state index in [0.29, 0.717) is 11.3 Å². The summed E-state index contributed by atoms with van der Waals surface area (Å²) in [6.45, 7) is 1.92. The van der Waals surface area contributed by atoms with Crippen molar-refractivity contribution in [1.29, 1.82) is 0 Å². The van der Waals surface area contributed by atoms with Crippen LogP contribution in [-0.2, 0) is 17.6 Å². The molecular weight excluding hydrogens is 298 g/mol. The van der Waals surface area contributed by atoms with Gasteiger partial charge in [0.2, 0.25) is 0 Å². The van der Waals surface area contributed by atoms with Gasteiger partial charge in [-0.1, -0.05) is 36.4 Å². The summed E-state index contributed by atoms with van der Waals surface area (Å²) in [4.78, 5) is 12.4. The summed E-state index contributed by atoms with van der Waals surface area (Å²) in [6.07, 6.45) is 1.87. The molecule has 1 atom stereocenters. The molecule has 0 heterocycles. The van der Waals surface area contributed by atoms with Crippen LogP contribution in [0, 0.1) is 0 Å². The van der Waals surface area contributed by atoms with Crippen molar-refractivity contribution < 1.29 is 9.53 Å². The van der Waals surface area contributed by atoms with Crippen molar-refractivity contribution in [3.05, 3.63) is 76.9 Å². The topological polar surface area (TPSA) is 52.3 Å². The monoisotopic (exact) mass is 317 g/mol. The van der Waals surface area contributed by atoms with Crippen LogP contribution in [0.3, 0.4) is 0 Å². The van der Waals surface area contributed by atoms with Gasteiger partial charge >= 0.3 is 5.97 Å². The van der Waals surface area contributed by atoms with Gasteiger partial charge < -0.3 is 10.5 Å². The Bertz CT molecular complexity index is 935. The molecule has 1 aliphatic carbocycles. The molecule has 0 bridgehead atoms. The third kappa shape index (κ3) is 2.42. The van der Waals surface area contributed by atoms with Gasteiger partial charge in [-0.3, -0.25) is 0 Å². The summed E-state index contributed by atoms with van der Waals surface area (Å²) in [5, 5.41) is 2.53. The molecule has 3 aromatic carbocycles. The first-order valence-electron chi connectivity index (χ1n) is 8.23. The molecule has 120 valence electrons. The highest BCUT2D eigenvalue weighted by molar-refractivity contribution is 5.94. The van der Waals surface area contributed by atoms with Crippen molar-refractivity contribution >= 4 is 22.4 Å². The van der Waals surface area contributed by atoms with Crippen molar-refractivity contribution in [3.8, 4) is 0 Å². The van der Waals surface area contributed by atoms with Crippen LogP contribution in [0.25, 0.3) is 10.8 Å². The Kier molecular flexibility index (Phi) is 3.49. The van der Waals surface area contributed by atoms with E-state index in [-0.39, 0.29) is 12.1 Å². The van der Waals surface area contributed by atoms with E-state index in [1.807, 2.05) is 6.92 Å². The van der Waals surface area contributed by atoms with Crippen LogP contribution in [0.2, 0.25) is 0 Å². The molecule has 3 heteroatoms. The van der Waals surface area contributed by atoms with E-state index in [1.165, 1.54) is 21.9 Å². The van der Waals surface area contributed by atoms with Gasteiger partial charge in [-0.25, -0.2) is 4.79 Å². The third-order valence-electron chi connectivity index (χ3n) is 4.75. The van der Waals surface area contributed by atoms with Crippen molar-refractivity contribution in [2.24, 2.45) is 0 Å². The van der Waals surface area contributed by atoms with E-state index in [9.17, 15) is 4.79 Å². The first-order chi connectivity index (χ1) is 11.6. The fourth-order valence-corrected chi connectivity index (χ4v) is 3.58. The minimum absolute atomic E-state index is 0.316. The highest BCUT2D eigenvalue weighted by atomic mass is 16.5. The van der Waals surface area contributed by atoms with Crippen LogP contribution in [0.4, 0.5) is 5.69 Å². The minimum atomic E-state index is -0.349. The zero-order valence-electron chi connectivity index (χ0n) is 13.6. The van der Waals surface area contributed by atoms with Gasteiger partial charge in [0.05, 0.1) is 5.56 Å². The molecule has 2 N–H and O–H groups in total. The number of carbonyl (C=O) groups is 1. The third-order valence-corrected chi connectivity index (χ3v) is 4.75. The Labute approximate surface area is 141 Å². The molecular formula is C21H19NO2. The lowest BCUT2D eigenvalue weighted by atomic mass is 9.97. The Morgan fingerprint density at radius 2 is 1.79 bits per heavy atom. The van der Waals surface area contributed by atoms with E-state index in [1.54, 1.807) is 24.3 Å². The number of hydrogen-bond acceptors (Lipinski definition) is 3. The van der Waals surface area contributed by atoms with Crippen LogP contribution >= 0.6 is 0 Å². The van der Waals surface area contributed by atoms with Crippen molar-refractivity contribution in [2.75, 3.05) is 5.73 Å². The maximum Gasteiger partial charge on any atom is 0.338 e. The molecule has 24 heavy (non-hydrogen) atoms. The molecule has 0 amide bonds. The van der Waals surface area contributed by atoms with Gasteiger partial charge in [0.15, 0.2) is 0 Å². The Balaban J connectivity index is 1.67. The van der Waals surface area contributed by atoms with Crippen molar-refractivity contribution in [1.82, 2.24) is 0 Å². The zero-order chi connectivity index (χ0) is 16.7. The largest absolute Gasteiger partial charge is 0.454 e. The molecule has 4 rings (SSSR count). The van der Waals surface area contributed by atoms with Gasteiger partial charge in [0.25, 0.3) is 0 Å². The number of nitrogens with two attached hydrogens (primary N) is 1. The molecule has 0 fully saturated rings. The average Bonchev–Trinajstić information content (AvgIpc) is 3.00. The number of hydrogen-bond donors (Lipinski definition) is 1. The van der Waals surface area contributed by atoms with Crippen molar-refractivity contribution in [3.63, 3.8) is 0 Å². The SMILES string of the molecule is C[C@H](OC(=O)c1cccc(N)c1)c1ccc2c3c(cccc13)CC2. The zero-order valence-corrected chi connectivity index (χ0v) is 13.6. The molecule has 0 radical (unpaired) electrons. The number of benzene rings is 3. The first kappa shape index (κ1) is 14.8. The second-order valence-corrected chi connectivity index (χ2v) is 6.33. The number of aryl methyl sites for hydroxylation is 2. The normalized spacial score (nSPS) is 13.9. The van der Waals surface area contributed by atoms with Crippen LogP contribution in [0.1, 0.15) is 40.1 Å². The standard InChI is InChI=1S/C21H19NO2/c1-13(24-21(23)16-5-2-6-17(22)12-16)18-11-10-15-9-8-14-4-3-7-19(18)20(14)15/h2-7,10-13H,8-9,22H2,1H3/t13-/m0/s1. The lowest BCUT2D eigenvalue weighted by Crippen LogP contribution is -2.10. The summed E-state index contributed by atoms with van der Waals surface area (Å²) in [5.74, 6) is -0.349. The maximum atomic E-state index is 12.4.